The molecule has 0 spiro atoms. The van der Waals surface area contributed by atoms with Gasteiger partial charge >= 0.3 is 5.97 Å². The van der Waals surface area contributed by atoms with Crippen LogP contribution >= 0.6 is 12.2 Å². The van der Waals surface area contributed by atoms with Gasteiger partial charge in [0.05, 0.1) is 41.5 Å². The van der Waals surface area contributed by atoms with Crippen molar-refractivity contribution >= 4 is 51.5 Å². The molecule has 3 heterocycles. The first kappa shape index (κ1) is 35.4. The third-order valence-corrected chi connectivity index (χ3v) is 8.98. The Bertz CT molecular complexity index is 2120. The van der Waals surface area contributed by atoms with Gasteiger partial charge in [-0.1, -0.05) is 31.2 Å². The number of nitriles is 1. The Balaban J connectivity index is 1.38. The highest BCUT2D eigenvalue weighted by Crippen LogP contribution is 2.41. The Labute approximate surface area is 297 Å². The molecule has 262 valence electrons. The largest absolute Gasteiger partial charge is 0.467 e. The number of amides is 1. The Hall–Kier alpha value is -5.39. The third-order valence-electron chi connectivity index (χ3n) is 8.62. The molecule has 0 bridgehead atoms. The number of hydrogen-bond donors (Lipinski definition) is 0. The number of carbonyl (C=O) groups is 2. The first-order chi connectivity index (χ1) is 24.3. The molecule has 3 aromatic carbocycles. The van der Waals surface area contributed by atoms with Gasteiger partial charge in [-0.2, -0.15) is 19.0 Å². The van der Waals surface area contributed by atoms with Crippen molar-refractivity contribution in [3.8, 4) is 11.9 Å². The van der Waals surface area contributed by atoms with E-state index in [2.05, 4.69) is 9.97 Å². The lowest BCUT2D eigenvalue weighted by atomic mass is 9.99. The molecular weight excluding hydrogens is 683 g/mol. The number of allylic oxidation sites excluding steroid dienone is 2. The smallest absolute Gasteiger partial charge is 0.338 e. The highest BCUT2D eigenvalue weighted by molar-refractivity contribution is 7.81. The minimum atomic E-state index is -3.51. The van der Waals surface area contributed by atoms with Crippen LogP contribution in [-0.4, -0.2) is 57.9 Å². The van der Waals surface area contributed by atoms with E-state index in [0.29, 0.717) is 23.9 Å². The maximum atomic E-state index is 16.1. The summed E-state index contributed by atoms with van der Waals surface area (Å²) < 4.78 is 63.8. The number of hydrogen-bond acceptors (Lipinski definition) is 9. The lowest BCUT2D eigenvalue weighted by Crippen LogP contribution is -2.44. The second kappa shape index (κ2) is 13.7. The van der Waals surface area contributed by atoms with Gasteiger partial charge in [0.15, 0.2) is 23.1 Å². The molecule has 2 fully saturated rings. The van der Waals surface area contributed by atoms with E-state index in [-0.39, 0.29) is 52.0 Å². The second-order valence-electron chi connectivity index (χ2n) is 12.4. The number of carbonyl (C=O) groups excluding carboxylic acids is 2. The molecule has 2 aliphatic rings. The lowest BCUT2D eigenvalue weighted by Gasteiger charge is -2.30. The molecular formula is C37H32F3N5O5S. The molecule has 6 rings (SSSR count). The highest BCUT2D eigenvalue weighted by atomic mass is 32.1. The maximum absolute atomic E-state index is 16.1. The number of thiocarbonyl (C=S) groups is 1. The van der Waals surface area contributed by atoms with Gasteiger partial charge in [-0.05, 0) is 81.5 Å². The number of aromatic nitrogens is 2. The summed E-state index contributed by atoms with van der Waals surface area (Å²) in [6.45, 7) is 6.50. The van der Waals surface area contributed by atoms with Crippen LogP contribution in [0.3, 0.4) is 0 Å². The summed E-state index contributed by atoms with van der Waals surface area (Å²) in [6.07, 6.45) is 0.590. The Morgan fingerprint density at radius 3 is 2.53 bits per heavy atom. The van der Waals surface area contributed by atoms with Crippen molar-refractivity contribution in [2.45, 2.75) is 57.8 Å². The summed E-state index contributed by atoms with van der Waals surface area (Å²) in [7, 11) is 0. The van der Waals surface area contributed by atoms with E-state index in [0.717, 1.165) is 11.0 Å². The number of nitrogens with zero attached hydrogens (tertiary/aromatic N) is 5. The molecule has 14 heteroatoms. The molecule has 0 aliphatic carbocycles. The Morgan fingerprint density at radius 2 is 1.84 bits per heavy atom. The topological polar surface area (TPSA) is 118 Å². The number of ether oxygens (including phenoxy) is 3. The van der Waals surface area contributed by atoms with E-state index in [4.69, 9.17) is 26.4 Å². The minimum absolute atomic E-state index is 0.00269. The maximum Gasteiger partial charge on any atom is 0.338 e. The fraction of sp³-hybridized carbons (Fsp3) is 0.297. The number of aryl methyl sites for hydroxylation is 1. The van der Waals surface area contributed by atoms with Crippen molar-refractivity contribution in [2.75, 3.05) is 23.0 Å². The van der Waals surface area contributed by atoms with Crippen LogP contribution in [0.4, 0.5) is 24.5 Å². The molecule has 51 heavy (non-hydrogen) atoms. The number of benzene rings is 3. The van der Waals surface area contributed by atoms with Gasteiger partial charge in [-0.25, -0.2) is 14.2 Å². The predicted molar refractivity (Wildman–Crippen MR) is 186 cm³/mol. The summed E-state index contributed by atoms with van der Waals surface area (Å²) in [4.78, 5) is 38.2. The minimum Gasteiger partial charge on any atom is -0.467 e. The van der Waals surface area contributed by atoms with E-state index >= 15 is 13.2 Å². The number of esters is 1. The standard InChI is InChI=1S/C37H32F3N5O5S/c1-5-14-37(39,40)26-16-23(13-12-22(26)18-41)44-34(47)36(3,4)45(35(44)51)24-15-25-31(27(38)17-24)42-30(6-2)43-32(25)49-28-19-48-20-29(28)50-33(46)21-10-8-7-9-11-21/h5,7-17,28-29H,6,19-20H2,1-4H3/b14-5+/t28-,29-/m1/s1. The number of halogens is 3. The molecule has 0 radical (unpaired) electrons. The van der Waals surface area contributed by atoms with Crippen molar-refractivity contribution in [2.24, 2.45) is 0 Å². The van der Waals surface area contributed by atoms with Gasteiger partial charge in [0.1, 0.15) is 16.9 Å². The van der Waals surface area contributed by atoms with E-state index in [9.17, 15) is 14.9 Å². The van der Waals surface area contributed by atoms with Crippen molar-refractivity contribution in [1.82, 2.24) is 9.97 Å². The molecule has 0 saturated carbocycles. The lowest BCUT2D eigenvalue weighted by molar-refractivity contribution is -0.120. The average Bonchev–Trinajstić information content (AvgIpc) is 3.61. The molecule has 2 aliphatic heterocycles. The van der Waals surface area contributed by atoms with Crippen molar-refractivity contribution in [1.29, 1.82) is 5.26 Å². The molecule has 1 amide bonds. The number of anilines is 2. The van der Waals surface area contributed by atoms with Crippen LogP contribution < -0.4 is 14.5 Å². The molecule has 2 saturated heterocycles. The Kier molecular flexibility index (Phi) is 9.54. The van der Waals surface area contributed by atoms with Crippen LogP contribution in [0.5, 0.6) is 5.88 Å². The second-order valence-corrected chi connectivity index (χ2v) is 12.8. The van der Waals surface area contributed by atoms with Crippen LogP contribution in [-0.2, 0) is 26.6 Å². The van der Waals surface area contributed by atoms with Gasteiger partial charge in [0, 0.05) is 17.7 Å². The van der Waals surface area contributed by atoms with E-state index < -0.39 is 46.9 Å². The highest BCUT2D eigenvalue weighted by Gasteiger charge is 2.51. The summed E-state index contributed by atoms with van der Waals surface area (Å²) in [5, 5.41) is 9.57. The number of fused-ring (bicyclic) bond motifs is 1. The quantitative estimate of drug-likeness (QED) is 0.104. The fourth-order valence-corrected chi connectivity index (χ4v) is 6.55. The summed E-state index contributed by atoms with van der Waals surface area (Å²) in [5.74, 6) is -5.09. The van der Waals surface area contributed by atoms with Gasteiger partial charge in [-0.3, -0.25) is 9.69 Å². The fourth-order valence-electron chi connectivity index (χ4n) is 6.03. The summed E-state index contributed by atoms with van der Waals surface area (Å²) >= 11 is 5.77. The van der Waals surface area contributed by atoms with E-state index in [1.54, 1.807) is 57.2 Å². The predicted octanol–water partition coefficient (Wildman–Crippen LogP) is 6.79. The molecule has 0 unspecified atom stereocenters. The van der Waals surface area contributed by atoms with Crippen LogP contribution in [0, 0.1) is 17.1 Å². The molecule has 0 N–H and O–H groups in total. The number of alkyl halides is 2. The first-order valence-corrected chi connectivity index (χ1v) is 16.5. The van der Waals surface area contributed by atoms with Crippen molar-refractivity contribution in [3.63, 3.8) is 0 Å². The zero-order valence-corrected chi connectivity index (χ0v) is 28.8. The van der Waals surface area contributed by atoms with Gasteiger partial charge in [0.25, 0.3) is 11.8 Å². The zero-order chi connectivity index (χ0) is 36.7. The number of rotatable bonds is 9. The van der Waals surface area contributed by atoms with Gasteiger partial charge < -0.3 is 19.1 Å². The monoisotopic (exact) mass is 715 g/mol. The van der Waals surface area contributed by atoms with E-state index in [1.165, 1.54) is 42.2 Å². The third kappa shape index (κ3) is 6.50. The summed E-state index contributed by atoms with van der Waals surface area (Å²) in [6, 6.07) is 16.6. The van der Waals surface area contributed by atoms with Crippen LogP contribution in [0.1, 0.15) is 55.0 Å². The van der Waals surface area contributed by atoms with E-state index in [1.807, 2.05) is 0 Å². The van der Waals surface area contributed by atoms with Crippen LogP contribution in [0.15, 0.2) is 72.8 Å². The molecule has 10 nitrogen and oxygen atoms in total. The van der Waals surface area contributed by atoms with Crippen molar-refractivity contribution in [3.05, 3.63) is 101 Å². The van der Waals surface area contributed by atoms with Crippen LogP contribution in [0.2, 0.25) is 0 Å². The zero-order valence-electron chi connectivity index (χ0n) is 28.0. The SMILES string of the molecule is C/C=C/C(F)(F)c1cc(N2C(=O)C(C)(C)N(c3cc(F)c4nc(CC)nc(O[C@@H]5COC[C@H]5OC(=O)c5ccccc5)c4c3)C2=S)ccc1C#N. The first-order valence-electron chi connectivity index (χ1n) is 16.1. The van der Waals surface area contributed by atoms with Crippen molar-refractivity contribution < 1.29 is 37.0 Å². The van der Waals surface area contributed by atoms with Gasteiger partial charge in [-0.15, -0.1) is 0 Å². The molecule has 4 aromatic rings. The average molecular weight is 716 g/mol. The molecule has 1 aromatic heterocycles. The van der Waals surface area contributed by atoms with Gasteiger partial charge in [0.2, 0.25) is 5.88 Å². The summed E-state index contributed by atoms with van der Waals surface area (Å²) in [5.41, 5.74) is -1.82. The Morgan fingerprint density at radius 1 is 1.12 bits per heavy atom. The molecule has 2 atom stereocenters. The van der Waals surface area contributed by atoms with Crippen LogP contribution in [0.25, 0.3) is 10.9 Å². The normalized spacial score (nSPS) is 18.9.